The minimum atomic E-state index is -0.885. The van der Waals surface area contributed by atoms with E-state index in [4.69, 9.17) is 4.74 Å². The lowest BCUT2D eigenvalue weighted by Gasteiger charge is -2.44. The van der Waals surface area contributed by atoms with E-state index >= 15 is 0 Å². The quantitative estimate of drug-likeness (QED) is 0.601. The van der Waals surface area contributed by atoms with Gasteiger partial charge in [0.25, 0.3) is 0 Å². The van der Waals surface area contributed by atoms with Crippen LogP contribution in [0.1, 0.15) is 62.0 Å². The third kappa shape index (κ3) is 4.65. The van der Waals surface area contributed by atoms with Crippen LogP contribution in [0.3, 0.4) is 0 Å². The van der Waals surface area contributed by atoms with Crippen LogP contribution in [-0.4, -0.2) is 34.1 Å². The van der Waals surface area contributed by atoms with Crippen molar-refractivity contribution in [1.29, 1.82) is 0 Å². The average molecular weight is 472 g/mol. The fraction of sp³-hybridized carbons (Fsp3) is 0.345. The zero-order chi connectivity index (χ0) is 24.4. The highest BCUT2D eigenvalue weighted by molar-refractivity contribution is 6.06. The van der Waals surface area contributed by atoms with Gasteiger partial charge in [-0.25, -0.2) is 0 Å². The first kappa shape index (κ1) is 23.1. The Labute approximate surface area is 204 Å². The molecule has 0 spiro atoms. The van der Waals surface area contributed by atoms with Crippen molar-refractivity contribution in [2.45, 2.75) is 57.5 Å². The van der Waals surface area contributed by atoms with Gasteiger partial charge >= 0.3 is 5.97 Å². The van der Waals surface area contributed by atoms with E-state index in [0.717, 1.165) is 35.4 Å². The van der Waals surface area contributed by atoms with Gasteiger partial charge in [-0.2, -0.15) is 0 Å². The monoisotopic (exact) mass is 471 g/mol. The van der Waals surface area contributed by atoms with Gasteiger partial charge in [0.15, 0.2) is 11.6 Å². The highest BCUT2D eigenvalue weighted by Gasteiger charge is 2.43. The van der Waals surface area contributed by atoms with E-state index in [9.17, 15) is 19.5 Å². The van der Waals surface area contributed by atoms with Crippen molar-refractivity contribution in [2.75, 3.05) is 6.54 Å². The van der Waals surface area contributed by atoms with E-state index in [1.54, 1.807) is 0 Å². The van der Waals surface area contributed by atoms with Crippen LogP contribution < -0.4 is 4.74 Å². The number of ether oxygens (including phenoxy) is 1. The highest BCUT2D eigenvalue weighted by Crippen LogP contribution is 2.49. The van der Waals surface area contributed by atoms with E-state index in [0.29, 0.717) is 49.2 Å². The summed E-state index contributed by atoms with van der Waals surface area (Å²) in [6.07, 6.45) is 3.77. The fourth-order valence-corrected chi connectivity index (χ4v) is 5.55. The molecule has 2 aromatic carbocycles. The van der Waals surface area contributed by atoms with Crippen molar-refractivity contribution in [2.24, 2.45) is 0 Å². The van der Waals surface area contributed by atoms with E-state index in [-0.39, 0.29) is 24.5 Å². The summed E-state index contributed by atoms with van der Waals surface area (Å²) in [5.74, 6) is -0.518. The molecule has 6 nitrogen and oxygen atoms in total. The molecule has 0 fully saturated rings. The largest absolute Gasteiger partial charge is 0.489 e. The second-order valence-electron chi connectivity index (χ2n) is 9.35. The van der Waals surface area contributed by atoms with Gasteiger partial charge in [0.05, 0.1) is 6.42 Å². The number of hydrogen-bond acceptors (Lipinski definition) is 5. The standard InChI is InChI=1S/C29H29NO5/c31-24-13-5-11-22-28(24)27(29-23(12-6-14-25(29)32)30(22)16-15-26(33)34)20-9-4-10-21(17-20)35-18-19-7-2-1-3-8-19/h1-4,7-10,17,27H,5-6,11-16,18H2,(H,33,34). The zero-order valence-electron chi connectivity index (χ0n) is 19.7. The topological polar surface area (TPSA) is 83.9 Å². The molecule has 5 rings (SSSR count). The zero-order valence-corrected chi connectivity index (χ0v) is 19.7. The molecule has 0 atom stereocenters. The number of ketones is 2. The Balaban J connectivity index is 1.56. The number of aliphatic carboxylic acids is 1. The number of carbonyl (C=O) groups is 3. The second kappa shape index (κ2) is 9.90. The summed E-state index contributed by atoms with van der Waals surface area (Å²) in [7, 11) is 0. The number of carboxylic acids is 1. The number of benzene rings is 2. The van der Waals surface area contributed by atoms with E-state index in [1.807, 2.05) is 59.5 Å². The minimum absolute atomic E-state index is 0.0383. The molecule has 0 bridgehead atoms. The van der Waals surface area contributed by atoms with Crippen molar-refractivity contribution in [3.05, 3.63) is 88.3 Å². The molecule has 2 aliphatic carbocycles. The van der Waals surface area contributed by atoms with Gasteiger partial charge in [-0.1, -0.05) is 42.5 Å². The second-order valence-corrected chi connectivity index (χ2v) is 9.35. The third-order valence-electron chi connectivity index (χ3n) is 7.08. The summed E-state index contributed by atoms with van der Waals surface area (Å²) < 4.78 is 6.06. The molecule has 2 aromatic rings. The maximum absolute atomic E-state index is 13.3. The molecule has 0 saturated carbocycles. The molecule has 0 amide bonds. The number of nitrogens with zero attached hydrogens (tertiary/aromatic N) is 1. The lowest BCUT2D eigenvalue weighted by molar-refractivity contribution is -0.137. The van der Waals surface area contributed by atoms with E-state index in [2.05, 4.69) is 0 Å². The number of carboxylic acid groups (broad SMARTS) is 1. The summed E-state index contributed by atoms with van der Waals surface area (Å²) in [6.45, 7) is 0.707. The smallest absolute Gasteiger partial charge is 0.305 e. The predicted octanol–water partition coefficient (Wildman–Crippen LogP) is 5.15. The molecule has 1 aliphatic heterocycles. The fourth-order valence-electron chi connectivity index (χ4n) is 5.55. The number of carbonyl (C=O) groups excluding carboxylic acids is 2. The maximum atomic E-state index is 13.3. The SMILES string of the molecule is O=C(O)CCN1C2=C(C(=O)CCC2)C(c2cccc(OCc3ccccc3)c2)C2=C1CCCC2=O. The average Bonchev–Trinajstić information content (AvgIpc) is 2.87. The number of rotatable bonds is 7. The van der Waals surface area contributed by atoms with Crippen LogP contribution in [0.4, 0.5) is 0 Å². The molecular formula is C29H29NO5. The van der Waals surface area contributed by atoms with Crippen LogP contribution in [0, 0.1) is 0 Å². The number of Topliss-reactive ketones (excluding diaryl/α,β-unsaturated/α-hetero) is 2. The van der Waals surface area contributed by atoms with Gasteiger partial charge < -0.3 is 14.7 Å². The van der Waals surface area contributed by atoms with Crippen molar-refractivity contribution >= 4 is 17.5 Å². The van der Waals surface area contributed by atoms with Gasteiger partial charge in [0.2, 0.25) is 0 Å². The van der Waals surface area contributed by atoms with Crippen molar-refractivity contribution in [1.82, 2.24) is 4.90 Å². The van der Waals surface area contributed by atoms with Crippen LogP contribution in [0.15, 0.2) is 77.1 Å². The van der Waals surface area contributed by atoms with Gasteiger partial charge in [-0.05, 0) is 48.9 Å². The Morgan fingerprint density at radius 2 is 1.54 bits per heavy atom. The highest BCUT2D eigenvalue weighted by atomic mass is 16.5. The lowest BCUT2D eigenvalue weighted by atomic mass is 9.71. The van der Waals surface area contributed by atoms with E-state index < -0.39 is 11.9 Å². The minimum Gasteiger partial charge on any atom is -0.489 e. The Morgan fingerprint density at radius 3 is 2.17 bits per heavy atom. The summed E-state index contributed by atoms with van der Waals surface area (Å²) >= 11 is 0. The third-order valence-corrected chi connectivity index (χ3v) is 7.08. The van der Waals surface area contributed by atoms with Crippen molar-refractivity contribution in [3.63, 3.8) is 0 Å². The lowest BCUT2D eigenvalue weighted by Crippen LogP contribution is -2.39. The molecular weight excluding hydrogens is 442 g/mol. The predicted molar refractivity (Wildman–Crippen MR) is 131 cm³/mol. The first-order chi connectivity index (χ1) is 17.0. The normalized spacial score (nSPS) is 18.5. The first-order valence-corrected chi connectivity index (χ1v) is 12.3. The van der Waals surface area contributed by atoms with Crippen LogP contribution in [-0.2, 0) is 21.0 Å². The van der Waals surface area contributed by atoms with Crippen LogP contribution >= 0.6 is 0 Å². The molecule has 0 aromatic heterocycles. The Kier molecular flexibility index (Phi) is 6.53. The van der Waals surface area contributed by atoms with Gasteiger partial charge in [0.1, 0.15) is 12.4 Å². The molecule has 6 heteroatoms. The van der Waals surface area contributed by atoms with E-state index in [1.165, 1.54) is 0 Å². The van der Waals surface area contributed by atoms with Crippen LogP contribution in [0.25, 0.3) is 0 Å². The van der Waals surface area contributed by atoms with Gasteiger partial charge in [-0.15, -0.1) is 0 Å². The van der Waals surface area contributed by atoms with Crippen LogP contribution in [0.2, 0.25) is 0 Å². The number of allylic oxidation sites excluding steroid dienone is 4. The summed E-state index contributed by atoms with van der Waals surface area (Å²) in [5, 5.41) is 9.33. The Hall–Kier alpha value is -3.67. The molecule has 3 aliphatic rings. The summed E-state index contributed by atoms with van der Waals surface area (Å²) in [6, 6.07) is 17.6. The molecule has 0 saturated heterocycles. The molecule has 180 valence electrons. The summed E-state index contributed by atoms with van der Waals surface area (Å²) in [4.78, 5) is 40.0. The van der Waals surface area contributed by atoms with Crippen molar-refractivity contribution < 1.29 is 24.2 Å². The molecule has 1 N–H and O–H groups in total. The Bertz CT molecular complexity index is 1180. The Morgan fingerprint density at radius 1 is 0.886 bits per heavy atom. The molecule has 0 unspecified atom stereocenters. The molecule has 0 radical (unpaired) electrons. The van der Waals surface area contributed by atoms with Gasteiger partial charge in [-0.3, -0.25) is 14.4 Å². The molecule has 35 heavy (non-hydrogen) atoms. The number of hydrogen-bond donors (Lipinski definition) is 1. The van der Waals surface area contributed by atoms with Gasteiger partial charge in [0, 0.05) is 47.8 Å². The first-order valence-electron chi connectivity index (χ1n) is 12.3. The maximum Gasteiger partial charge on any atom is 0.305 e. The van der Waals surface area contributed by atoms with Crippen molar-refractivity contribution in [3.8, 4) is 5.75 Å². The molecule has 1 heterocycles. The van der Waals surface area contributed by atoms with Crippen LogP contribution in [0.5, 0.6) is 5.75 Å². The summed E-state index contributed by atoms with van der Waals surface area (Å²) in [5.41, 5.74) is 5.06.